The first-order chi connectivity index (χ1) is 16.3. The predicted molar refractivity (Wildman–Crippen MR) is 133 cm³/mol. The quantitative estimate of drug-likeness (QED) is 0.650. The van der Waals surface area contributed by atoms with Gasteiger partial charge in [0.15, 0.2) is 0 Å². The van der Waals surface area contributed by atoms with Crippen molar-refractivity contribution in [3.8, 4) is 0 Å². The van der Waals surface area contributed by atoms with Crippen LogP contribution in [-0.4, -0.2) is 48.0 Å². The van der Waals surface area contributed by atoms with Gasteiger partial charge in [-0.15, -0.1) is 0 Å². The summed E-state index contributed by atoms with van der Waals surface area (Å²) in [6.45, 7) is 6.51. The van der Waals surface area contributed by atoms with Crippen molar-refractivity contribution in [1.82, 2.24) is 20.7 Å². The molecule has 3 aliphatic rings. The van der Waals surface area contributed by atoms with Crippen molar-refractivity contribution >= 4 is 34.8 Å². The van der Waals surface area contributed by atoms with Gasteiger partial charge in [-0.25, -0.2) is 9.82 Å². The molecule has 2 unspecified atom stereocenters. The molecule has 9 heteroatoms. The number of allylic oxidation sites excluding steroid dienone is 1. The number of carbonyl (C=O) groups excluding carboxylic acids is 1. The van der Waals surface area contributed by atoms with E-state index in [1.165, 1.54) is 12.1 Å². The Hall–Kier alpha value is -2.74. The molecule has 0 aliphatic carbocycles. The number of hydrazine groups is 1. The normalized spacial score (nSPS) is 22.5. The van der Waals surface area contributed by atoms with E-state index in [4.69, 9.17) is 23.2 Å². The van der Waals surface area contributed by atoms with E-state index in [1.54, 1.807) is 18.2 Å². The van der Waals surface area contributed by atoms with Gasteiger partial charge in [-0.3, -0.25) is 9.80 Å². The molecule has 34 heavy (non-hydrogen) atoms. The lowest BCUT2D eigenvalue weighted by atomic mass is 9.93. The number of piperazine rings is 1. The fourth-order valence-corrected chi connectivity index (χ4v) is 5.12. The molecular weight excluding hydrogens is 476 g/mol. The fourth-order valence-electron chi connectivity index (χ4n) is 4.82. The van der Waals surface area contributed by atoms with Crippen molar-refractivity contribution in [2.75, 3.05) is 31.1 Å². The molecule has 3 heterocycles. The fraction of sp³-hybridized carbons (Fsp3) is 0.320. The van der Waals surface area contributed by atoms with E-state index in [0.717, 1.165) is 22.8 Å². The first kappa shape index (κ1) is 23.0. The molecule has 2 atom stereocenters. The van der Waals surface area contributed by atoms with Crippen LogP contribution in [0.3, 0.4) is 0 Å². The van der Waals surface area contributed by atoms with Gasteiger partial charge in [0.25, 0.3) is 5.91 Å². The Kier molecular flexibility index (Phi) is 6.18. The van der Waals surface area contributed by atoms with Crippen molar-refractivity contribution in [2.24, 2.45) is 0 Å². The maximum absolute atomic E-state index is 13.9. The molecule has 2 N–H and O–H groups in total. The van der Waals surface area contributed by atoms with Crippen LogP contribution >= 0.6 is 23.2 Å². The molecular formula is C25H26Cl2FN5O. The molecule has 2 aromatic rings. The summed E-state index contributed by atoms with van der Waals surface area (Å²) < 4.78 is 13.3. The topological polar surface area (TPSA) is 50.9 Å². The van der Waals surface area contributed by atoms with Crippen molar-refractivity contribution in [2.45, 2.75) is 25.9 Å². The molecule has 0 aromatic heterocycles. The summed E-state index contributed by atoms with van der Waals surface area (Å²) in [6, 6.07) is 11.8. The first-order valence-electron chi connectivity index (χ1n) is 11.3. The molecule has 3 aliphatic heterocycles. The van der Waals surface area contributed by atoms with Gasteiger partial charge in [-0.05, 0) is 61.9 Å². The standard InChI is InChI=1S/C25H26Cl2FN5O/c1-15-13-22-29-16(2)23(24(33(22)30-15)17-3-8-20(26)21(27)14-17)25(34)32-11-9-31(10-12-32)19-6-4-18(28)5-7-19/h3-8,13-15,24,29-30H,9-12H2,1-2H3. The summed E-state index contributed by atoms with van der Waals surface area (Å²) in [4.78, 5) is 17.9. The van der Waals surface area contributed by atoms with E-state index >= 15 is 0 Å². The molecule has 0 radical (unpaired) electrons. The number of halogens is 3. The van der Waals surface area contributed by atoms with Gasteiger partial charge in [0.1, 0.15) is 17.7 Å². The van der Waals surface area contributed by atoms with Crippen LogP contribution in [0.2, 0.25) is 10.0 Å². The summed E-state index contributed by atoms with van der Waals surface area (Å²) in [5.41, 5.74) is 6.78. The van der Waals surface area contributed by atoms with Crippen LogP contribution in [-0.2, 0) is 4.79 Å². The Morgan fingerprint density at radius 1 is 1.03 bits per heavy atom. The lowest BCUT2D eigenvalue weighted by Gasteiger charge is -2.42. The van der Waals surface area contributed by atoms with Crippen molar-refractivity contribution < 1.29 is 9.18 Å². The molecule has 2 aromatic carbocycles. The van der Waals surface area contributed by atoms with Crippen molar-refractivity contribution in [3.05, 3.63) is 87.1 Å². The van der Waals surface area contributed by atoms with Crippen LogP contribution in [0.1, 0.15) is 25.5 Å². The second kappa shape index (κ2) is 9.13. The van der Waals surface area contributed by atoms with Crippen LogP contribution in [0.4, 0.5) is 10.1 Å². The average molecular weight is 502 g/mol. The van der Waals surface area contributed by atoms with Crippen LogP contribution < -0.4 is 15.6 Å². The van der Waals surface area contributed by atoms with Crippen LogP contribution in [0.25, 0.3) is 0 Å². The predicted octanol–water partition coefficient (Wildman–Crippen LogP) is 4.45. The van der Waals surface area contributed by atoms with Crippen LogP contribution in [0.5, 0.6) is 0 Å². The SMILES string of the molecule is CC1=C(C(=O)N2CCN(c3ccc(F)cc3)CC2)C(c2ccc(Cl)c(Cl)c2)N2NC(C)C=C2N1. The zero-order valence-corrected chi connectivity index (χ0v) is 20.5. The Bertz CT molecular complexity index is 1170. The van der Waals surface area contributed by atoms with Crippen LogP contribution in [0.15, 0.2) is 65.6 Å². The zero-order chi connectivity index (χ0) is 24.0. The molecule has 1 saturated heterocycles. The molecule has 178 valence electrons. The summed E-state index contributed by atoms with van der Waals surface area (Å²) in [5.74, 6) is 0.648. The molecule has 5 rings (SSSR count). The zero-order valence-electron chi connectivity index (χ0n) is 19.0. The number of carbonyl (C=O) groups is 1. The molecule has 6 nitrogen and oxygen atoms in total. The highest BCUT2D eigenvalue weighted by Crippen LogP contribution is 2.40. The third-order valence-electron chi connectivity index (χ3n) is 6.51. The van der Waals surface area contributed by atoms with Crippen molar-refractivity contribution in [3.63, 3.8) is 0 Å². The Labute approximate surface area is 208 Å². The lowest BCUT2D eigenvalue weighted by Crippen LogP contribution is -2.53. The van der Waals surface area contributed by atoms with Crippen LogP contribution in [0, 0.1) is 5.82 Å². The van der Waals surface area contributed by atoms with Crippen molar-refractivity contribution in [1.29, 1.82) is 0 Å². The third-order valence-corrected chi connectivity index (χ3v) is 7.25. The van der Waals surface area contributed by atoms with Gasteiger partial charge >= 0.3 is 0 Å². The van der Waals surface area contributed by atoms with E-state index in [1.807, 2.05) is 29.0 Å². The summed E-state index contributed by atoms with van der Waals surface area (Å²) in [5, 5.41) is 6.32. The van der Waals surface area contributed by atoms with E-state index in [2.05, 4.69) is 28.6 Å². The maximum Gasteiger partial charge on any atom is 0.254 e. The van der Waals surface area contributed by atoms with Gasteiger partial charge in [-0.1, -0.05) is 29.3 Å². The molecule has 1 fully saturated rings. The minimum atomic E-state index is -0.352. The number of hydrogen-bond acceptors (Lipinski definition) is 5. The number of rotatable bonds is 3. The van der Waals surface area contributed by atoms with Gasteiger partial charge in [-0.2, -0.15) is 0 Å². The second-order valence-electron chi connectivity index (χ2n) is 8.84. The van der Waals surface area contributed by atoms with Gasteiger partial charge < -0.3 is 15.1 Å². The summed E-state index contributed by atoms with van der Waals surface area (Å²) >= 11 is 12.5. The number of nitrogens with zero attached hydrogens (tertiary/aromatic N) is 3. The second-order valence-corrected chi connectivity index (χ2v) is 9.65. The Morgan fingerprint density at radius 2 is 1.74 bits per heavy atom. The number of nitrogens with one attached hydrogen (secondary N) is 2. The number of benzene rings is 2. The average Bonchev–Trinajstić information content (AvgIpc) is 3.19. The molecule has 0 saturated carbocycles. The molecule has 1 amide bonds. The maximum atomic E-state index is 13.9. The highest BCUT2D eigenvalue weighted by Gasteiger charge is 2.40. The molecule has 0 spiro atoms. The summed E-state index contributed by atoms with van der Waals surface area (Å²) in [7, 11) is 0. The number of hydrogen-bond donors (Lipinski definition) is 2. The van der Waals surface area contributed by atoms with E-state index in [0.29, 0.717) is 41.8 Å². The molecule has 0 bridgehead atoms. The Morgan fingerprint density at radius 3 is 2.41 bits per heavy atom. The lowest BCUT2D eigenvalue weighted by molar-refractivity contribution is -0.128. The third kappa shape index (κ3) is 4.24. The number of amides is 1. The highest BCUT2D eigenvalue weighted by atomic mass is 35.5. The number of fused-ring (bicyclic) bond motifs is 1. The largest absolute Gasteiger partial charge is 0.368 e. The monoisotopic (exact) mass is 501 g/mol. The van der Waals surface area contributed by atoms with E-state index in [9.17, 15) is 9.18 Å². The Balaban J connectivity index is 1.42. The van der Waals surface area contributed by atoms with E-state index in [-0.39, 0.29) is 23.8 Å². The van der Waals surface area contributed by atoms with Gasteiger partial charge in [0.05, 0.1) is 15.6 Å². The first-order valence-corrected chi connectivity index (χ1v) is 12.1. The smallest absolute Gasteiger partial charge is 0.254 e. The minimum absolute atomic E-state index is 0.0137. The van der Waals surface area contributed by atoms with Gasteiger partial charge in [0, 0.05) is 43.6 Å². The van der Waals surface area contributed by atoms with Gasteiger partial charge in [0.2, 0.25) is 0 Å². The number of anilines is 1. The minimum Gasteiger partial charge on any atom is -0.368 e. The van der Waals surface area contributed by atoms with E-state index < -0.39 is 0 Å². The highest BCUT2D eigenvalue weighted by molar-refractivity contribution is 6.42. The summed E-state index contributed by atoms with van der Waals surface area (Å²) in [6.07, 6.45) is 2.09.